The molecule has 5 nitrogen and oxygen atoms in total. The van der Waals surface area contributed by atoms with E-state index < -0.39 is 0 Å². The van der Waals surface area contributed by atoms with E-state index in [1.807, 2.05) is 73.1 Å². The maximum Gasteiger partial charge on any atom is 0.164 e. The second-order valence-corrected chi connectivity index (χ2v) is 12.0. The Kier molecular flexibility index (Phi) is 7.06. The van der Waals surface area contributed by atoms with Crippen molar-refractivity contribution in [3.8, 4) is 62.1 Å². The molecule has 0 fully saturated rings. The van der Waals surface area contributed by atoms with Crippen molar-refractivity contribution >= 4 is 21.8 Å². The number of para-hydroxylation sites is 1. The predicted octanol–water partition coefficient (Wildman–Crippen LogP) is 10.7. The fourth-order valence-corrected chi connectivity index (χ4v) is 6.61. The standard InChI is InChI=1S/C44H29N5/c1-4-12-30(13-5-1)34-20-23-38-37-18-10-11-19-39(37)49(41(38)28-34)40-29-35(21-22-36(40)31-24-26-45-27-25-31)44-47-42(32-14-6-2-7-15-32)46-43(48-44)33-16-8-3-9-17-33/h1-29H. The normalized spacial score (nSPS) is 11.3. The van der Waals surface area contributed by atoms with Crippen molar-refractivity contribution in [3.63, 3.8) is 0 Å². The topological polar surface area (TPSA) is 56.5 Å². The fourth-order valence-electron chi connectivity index (χ4n) is 6.61. The first-order valence-electron chi connectivity index (χ1n) is 16.3. The van der Waals surface area contributed by atoms with Gasteiger partial charge in [0.2, 0.25) is 0 Å². The van der Waals surface area contributed by atoms with Crippen molar-refractivity contribution in [3.05, 3.63) is 176 Å². The molecule has 0 spiro atoms. The van der Waals surface area contributed by atoms with E-state index in [0.717, 1.165) is 50.1 Å². The van der Waals surface area contributed by atoms with E-state index in [4.69, 9.17) is 15.0 Å². The summed E-state index contributed by atoms with van der Waals surface area (Å²) in [7, 11) is 0. The Morgan fingerprint density at radius 1 is 0.347 bits per heavy atom. The zero-order valence-corrected chi connectivity index (χ0v) is 26.5. The Hall–Kier alpha value is -6.72. The molecular weight excluding hydrogens is 599 g/mol. The van der Waals surface area contributed by atoms with Gasteiger partial charge in [0.25, 0.3) is 0 Å². The third-order valence-corrected chi connectivity index (χ3v) is 8.97. The van der Waals surface area contributed by atoms with Crippen LogP contribution in [0.5, 0.6) is 0 Å². The molecule has 0 N–H and O–H groups in total. The lowest BCUT2D eigenvalue weighted by atomic mass is 10.0. The van der Waals surface area contributed by atoms with E-state index in [0.29, 0.717) is 17.5 Å². The van der Waals surface area contributed by atoms with Crippen LogP contribution in [0.4, 0.5) is 0 Å². The average molecular weight is 628 g/mol. The molecule has 230 valence electrons. The zero-order valence-electron chi connectivity index (χ0n) is 26.5. The summed E-state index contributed by atoms with van der Waals surface area (Å²) in [5.74, 6) is 1.88. The number of benzene rings is 6. The molecule has 0 unspecified atom stereocenters. The molecule has 0 amide bonds. The van der Waals surface area contributed by atoms with Gasteiger partial charge in [-0.3, -0.25) is 4.98 Å². The lowest BCUT2D eigenvalue weighted by molar-refractivity contribution is 1.07. The smallest absolute Gasteiger partial charge is 0.164 e. The van der Waals surface area contributed by atoms with Crippen molar-refractivity contribution in [1.29, 1.82) is 0 Å². The summed E-state index contributed by atoms with van der Waals surface area (Å²) in [5, 5.41) is 2.39. The Morgan fingerprint density at radius 2 is 0.878 bits per heavy atom. The van der Waals surface area contributed by atoms with Gasteiger partial charge in [-0.1, -0.05) is 133 Å². The largest absolute Gasteiger partial charge is 0.309 e. The van der Waals surface area contributed by atoms with Crippen LogP contribution < -0.4 is 0 Å². The SMILES string of the molecule is c1ccc(-c2ccc3c4ccccc4n(-c4cc(-c5nc(-c6ccccc6)nc(-c6ccccc6)n5)ccc4-c4ccncc4)c3c2)cc1. The molecule has 0 saturated heterocycles. The molecule has 5 heteroatoms. The minimum atomic E-state index is 0.612. The summed E-state index contributed by atoms with van der Waals surface area (Å²) in [6.45, 7) is 0. The zero-order chi connectivity index (χ0) is 32.6. The monoisotopic (exact) mass is 627 g/mol. The summed E-state index contributed by atoms with van der Waals surface area (Å²) in [4.78, 5) is 19.4. The molecule has 0 atom stereocenters. The van der Waals surface area contributed by atoms with Crippen molar-refractivity contribution in [1.82, 2.24) is 24.5 Å². The van der Waals surface area contributed by atoms with E-state index in [-0.39, 0.29) is 0 Å². The average Bonchev–Trinajstić information content (AvgIpc) is 3.52. The van der Waals surface area contributed by atoms with Crippen LogP contribution in [0.15, 0.2) is 176 Å². The van der Waals surface area contributed by atoms with Gasteiger partial charge in [-0.2, -0.15) is 0 Å². The van der Waals surface area contributed by atoms with Gasteiger partial charge in [-0.25, -0.2) is 15.0 Å². The Morgan fingerprint density at radius 3 is 1.53 bits per heavy atom. The number of aromatic nitrogens is 5. The van der Waals surface area contributed by atoms with Gasteiger partial charge in [0, 0.05) is 45.4 Å². The van der Waals surface area contributed by atoms with Gasteiger partial charge in [-0.15, -0.1) is 0 Å². The summed E-state index contributed by atoms with van der Waals surface area (Å²) < 4.78 is 2.38. The lowest BCUT2D eigenvalue weighted by Crippen LogP contribution is -2.02. The molecule has 0 aliphatic heterocycles. The van der Waals surface area contributed by atoms with Crippen LogP contribution in [0.2, 0.25) is 0 Å². The molecule has 49 heavy (non-hydrogen) atoms. The van der Waals surface area contributed by atoms with E-state index in [1.165, 1.54) is 16.3 Å². The van der Waals surface area contributed by atoms with Gasteiger partial charge in [0.15, 0.2) is 17.5 Å². The number of hydrogen-bond acceptors (Lipinski definition) is 4. The summed E-state index contributed by atoms with van der Waals surface area (Å²) in [6, 6.07) is 56.7. The van der Waals surface area contributed by atoms with E-state index in [1.54, 1.807) is 0 Å². The highest BCUT2D eigenvalue weighted by Crippen LogP contribution is 2.39. The van der Waals surface area contributed by atoms with Crippen molar-refractivity contribution < 1.29 is 0 Å². The number of hydrogen-bond donors (Lipinski definition) is 0. The van der Waals surface area contributed by atoms with Crippen LogP contribution in [0.1, 0.15) is 0 Å². The third-order valence-electron chi connectivity index (χ3n) is 8.97. The maximum absolute atomic E-state index is 5.06. The van der Waals surface area contributed by atoms with Crippen molar-refractivity contribution in [2.24, 2.45) is 0 Å². The molecule has 6 aromatic carbocycles. The minimum Gasteiger partial charge on any atom is -0.309 e. The summed E-state index contributed by atoms with van der Waals surface area (Å²) in [5.41, 5.74) is 10.6. The number of rotatable bonds is 6. The van der Waals surface area contributed by atoms with Crippen LogP contribution in [-0.4, -0.2) is 24.5 Å². The first-order chi connectivity index (χ1) is 24.3. The number of pyridine rings is 1. The van der Waals surface area contributed by atoms with Gasteiger partial charge in [0.1, 0.15) is 0 Å². The molecule has 0 saturated carbocycles. The van der Waals surface area contributed by atoms with Gasteiger partial charge < -0.3 is 4.57 Å². The first-order valence-corrected chi connectivity index (χ1v) is 16.3. The first kappa shape index (κ1) is 28.5. The van der Waals surface area contributed by atoms with Crippen LogP contribution in [0, 0.1) is 0 Å². The molecular formula is C44H29N5. The predicted molar refractivity (Wildman–Crippen MR) is 199 cm³/mol. The molecule has 0 radical (unpaired) electrons. The molecule has 9 aromatic rings. The van der Waals surface area contributed by atoms with Crippen molar-refractivity contribution in [2.45, 2.75) is 0 Å². The maximum atomic E-state index is 5.06. The van der Waals surface area contributed by atoms with Gasteiger partial charge in [-0.05, 0) is 47.0 Å². The molecule has 0 bridgehead atoms. The Bertz CT molecular complexity index is 2520. The highest BCUT2D eigenvalue weighted by Gasteiger charge is 2.19. The third kappa shape index (κ3) is 5.24. The van der Waals surface area contributed by atoms with Gasteiger partial charge in [0.05, 0.1) is 16.7 Å². The van der Waals surface area contributed by atoms with Crippen LogP contribution in [0.3, 0.4) is 0 Å². The second-order valence-electron chi connectivity index (χ2n) is 12.0. The second kappa shape index (κ2) is 12.1. The van der Waals surface area contributed by atoms with E-state index >= 15 is 0 Å². The van der Waals surface area contributed by atoms with E-state index in [9.17, 15) is 0 Å². The van der Waals surface area contributed by atoms with Crippen LogP contribution in [-0.2, 0) is 0 Å². The lowest BCUT2D eigenvalue weighted by Gasteiger charge is -2.16. The summed E-state index contributed by atoms with van der Waals surface area (Å²) >= 11 is 0. The molecule has 0 aliphatic carbocycles. The summed E-state index contributed by atoms with van der Waals surface area (Å²) in [6.07, 6.45) is 3.69. The highest BCUT2D eigenvalue weighted by atomic mass is 15.0. The highest BCUT2D eigenvalue weighted by molar-refractivity contribution is 6.10. The fraction of sp³-hybridized carbons (Fsp3) is 0. The Balaban J connectivity index is 1.33. The Labute approximate surface area is 283 Å². The number of fused-ring (bicyclic) bond motifs is 3. The van der Waals surface area contributed by atoms with E-state index in [2.05, 4.69) is 113 Å². The molecule has 0 aliphatic rings. The van der Waals surface area contributed by atoms with Crippen molar-refractivity contribution in [2.75, 3.05) is 0 Å². The number of nitrogens with zero attached hydrogens (tertiary/aromatic N) is 5. The van der Waals surface area contributed by atoms with Crippen LogP contribution in [0.25, 0.3) is 83.9 Å². The van der Waals surface area contributed by atoms with Crippen LogP contribution >= 0.6 is 0 Å². The molecule has 3 heterocycles. The molecule has 9 rings (SSSR count). The van der Waals surface area contributed by atoms with Gasteiger partial charge >= 0.3 is 0 Å². The molecule has 3 aromatic heterocycles. The minimum absolute atomic E-state index is 0.612. The quantitative estimate of drug-likeness (QED) is 0.184.